The molecule has 0 spiro atoms. The standard InChI is InChI=1S/C25H27NO4/c1-17-22(16-23(29-17)18-12-14-26-15-13-18)24(19-6-4-3-5-7-19)30-21-10-8-20(9-11-21)25(27)28-2/h8-16,19,24H,3-7H2,1-2H3. The molecule has 0 bridgehead atoms. The molecule has 0 saturated heterocycles. The SMILES string of the molecule is COC(=O)c1ccc(OC(c2cc(-c3ccncc3)oc2C)C2CCCCC2)cc1. The van der Waals surface area contributed by atoms with Crippen molar-refractivity contribution >= 4 is 5.97 Å². The van der Waals surface area contributed by atoms with Crippen LogP contribution in [0.2, 0.25) is 0 Å². The summed E-state index contributed by atoms with van der Waals surface area (Å²) in [7, 11) is 1.38. The molecule has 1 aliphatic rings. The Hall–Kier alpha value is -3.08. The summed E-state index contributed by atoms with van der Waals surface area (Å²) in [4.78, 5) is 15.8. The molecule has 0 radical (unpaired) electrons. The molecule has 1 fully saturated rings. The van der Waals surface area contributed by atoms with E-state index in [1.165, 1.54) is 26.4 Å². The summed E-state index contributed by atoms with van der Waals surface area (Å²) in [6.07, 6.45) is 9.45. The first-order valence-corrected chi connectivity index (χ1v) is 10.5. The lowest BCUT2D eigenvalue weighted by molar-refractivity contribution is 0.0600. The normalized spacial score (nSPS) is 15.5. The molecule has 0 amide bonds. The van der Waals surface area contributed by atoms with Crippen LogP contribution in [0, 0.1) is 12.8 Å². The number of ether oxygens (including phenoxy) is 2. The summed E-state index contributed by atoms with van der Waals surface area (Å²) in [6, 6.07) is 13.1. The van der Waals surface area contributed by atoms with E-state index in [1.54, 1.807) is 24.5 Å². The van der Waals surface area contributed by atoms with E-state index < -0.39 is 0 Å². The number of methoxy groups -OCH3 is 1. The van der Waals surface area contributed by atoms with E-state index in [4.69, 9.17) is 13.9 Å². The summed E-state index contributed by atoms with van der Waals surface area (Å²) in [5.74, 6) is 2.53. The van der Waals surface area contributed by atoms with Crippen LogP contribution >= 0.6 is 0 Å². The zero-order chi connectivity index (χ0) is 20.9. The molecular weight excluding hydrogens is 378 g/mol. The first-order chi connectivity index (χ1) is 14.7. The monoisotopic (exact) mass is 405 g/mol. The lowest BCUT2D eigenvalue weighted by Gasteiger charge is -2.30. The highest BCUT2D eigenvalue weighted by atomic mass is 16.5. The van der Waals surface area contributed by atoms with Crippen molar-refractivity contribution in [2.24, 2.45) is 5.92 Å². The van der Waals surface area contributed by atoms with Gasteiger partial charge in [0.25, 0.3) is 0 Å². The van der Waals surface area contributed by atoms with Crippen LogP contribution in [-0.4, -0.2) is 18.1 Å². The minimum Gasteiger partial charge on any atom is -0.485 e. The van der Waals surface area contributed by atoms with Crippen molar-refractivity contribution in [1.82, 2.24) is 4.98 Å². The molecule has 0 N–H and O–H groups in total. The Morgan fingerprint density at radius 3 is 2.43 bits per heavy atom. The fraction of sp³-hybridized carbons (Fsp3) is 0.360. The highest BCUT2D eigenvalue weighted by Crippen LogP contribution is 2.41. The highest BCUT2D eigenvalue weighted by Gasteiger charge is 2.30. The largest absolute Gasteiger partial charge is 0.485 e. The molecule has 30 heavy (non-hydrogen) atoms. The van der Waals surface area contributed by atoms with Gasteiger partial charge in [-0.3, -0.25) is 4.98 Å². The van der Waals surface area contributed by atoms with Gasteiger partial charge in [-0.05, 0) is 62.2 Å². The maximum Gasteiger partial charge on any atom is 0.337 e. The smallest absolute Gasteiger partial charge is 0.337 e. The van der Waals surface area contributed by atoms with Gasteiger partial charge in [-0.25, -0.2) is 4.79 Å². The Bertz CT molecular complexity index is 972. The quantitative estimate of drug-likeness (QED) is 0.461. The third-order valence-electron chi connectivity index (χ3n) is 5.84. The number of carbonyl (C=O) groups is 1. The molecule has 5 nitrogen and oxygen atoms in total. The summed E-state index contributed by atoms with van der Waals surface area (Å²) < 4.78 is 17.4. The lowest BCUT2D eigenvalue weighted by atomic mass is 9.82. The average Bonchev–Trinajstić information content (AvgIpc) is 3.20. The third-order valence-corrected chi connectivity index (χ3v) is 5.84. The molecule has 2 aromatic heterocycles. The second-order valence-electron chi connectivity index (χ2n) is 7.81. The molecule has 1 saturated carbocycles. The number of furan rings is 1. The number of aryl methyl sites for hydroxylation is 1. The molecule has 1 atom stereocenters. The molecule has 2 heterocycles. The summed E-state index contributed by atoms with van der Waals surface area (Å²) in [5, 5.41) is 0. The van der Waals surface area contributed by atoms with Crippen molar-refractivity contribution in [3.63, 3.8) is 0 Å². The van der Waals surface area contributed by atoms with E-state index in [9.17, 15) is 4.79 Å². The van der Waals surface area contributed by atoms with Crippen molar-refractivity contribution in [1.29, 1.82) is 0 Å². The van der Waals surface area contributed by atoms with E-state index in [-0.39, 0.29) is 12.1 Å². The lowest BCUT2D eigenvalue weighted by Crippen LogP contribution is -2.21. The molecule has 1 unspecified atom stereocenters. The number of esters is 1. The molecular formula is C25H27NO4. The van der Waals surface area contributed by atoms with Gasteiger partial charge >= 0.3 is 5.97 Å². The highest BCUT2D eigenvalue weighted by molar-refractivity contribution is 5.89. The van der Waals surface area contributed by atoms with Crippen LogP contribution in [0.25, 0.3) is 11.3 Å². The van der Waals surface area contributed by atoms with E-state index in [0.717, 1.165) is 41.2 Å². The molecule has 5 heteroatoms. The van der Waals surface area contributed by atoms with Crippen LogP contribution in [0.1, 0.15) is 59.9 Å². The maximum atomic E-state index is 11.7. The molecule has 0 aliphatic heterocycles. The maximum absolute atomic E-state index is 11.7. The predicted molar refractivity (Wildman–Crippen MR) is 114 cm³/mol. The van der Waals surface area contributed by atoms with E-state index in [2.05, 4.69) is 11.1 Å². The molecule has 4 rings (SSSR count). The van der Waals surface area contributed by atoms with Crippen LogP contribution in [-0.2, 0) is 4.74 Å². The predicted octanol–water partition coefficient (Wildman–Crippen LogP) is 6.14. The Morgan fingerprint density at radius 1 is 1.07 bits per heavy atom. The number of hydrogen-bond acceptors (Lipinski definition) is 5. The average molecular weight is 405 g/mol. The van der Waals surface area contributed by atoms with Gasteiger partial charge in [-0.15, -0.1) is 0 Å². The number of aromatic nitrogens is 1. The number of hydrogen-bond donors (Lipinski definition) is 0. The van der Waals surface area contributed by atoms with Crippen molar-refractivity contribution in [2.75, 3.05) is 7.11 Å². The van der Waals surface area contributed by atoms with Gasteiger partial charge in [-0.2, -0.15) is 0 Å². The summed E-state index contributed by atoms with van der Waals surface area (Å²) in [6.45, 7) is 2.00. The fourth-order valence-corrected chi connectivity index (χ4v) is 4.22. The fourth-order valence-electron chi connectivity index (χ4n) is 4.22. The van der Waals surface area contributed by atoms with Crippen LogP contribution in [0.5, 0.6) is 5.75 Å². The van der Waals surface area contributed by atoms with Crippen molar-refractivity contribution < 1.29 is 18.7 Å². The van der Waals surface area contributed by atoms with E-state index in [1.807, 2.05) is 31.2 Å². The second-order valence-corrected chi connectivity index (χ2v) is 7.81. The molecule has 156 valence electrons. The summed E-state index contributed by atoms with van der Waals surface area (Å²) >= 11 is 0. The zero-order valence-electron chi connectivity index (χ0n) is 17.5. The molecule has 1 aromatic carbocycles. The number of nitrogens with zero attached hydrogens (tertiary/aromatic N) is 1. The summed E-state index contributed by atoms with van der Waals surface area (Å²) in [5.41, 5.74) is 2.61. The first-order valence-electron chi connectivity index (χ1n) is 10.5. The zero-order valence-corrected chi connectivity index (χ0v) is 17.5. The van der Waals surface area contributed by atoms with Crippen LogP contribution in [0.4, 0.5) is 0 Å². The molecule has 3 aromatic rings. The topological polar surface area (TPSA) is 61.6 Å². The van der Waals surface area contributed by atoms with Gasteiger partial charge in [0.15, 0.2) is 0 Å². The van der Waals surface area contributed by atoms with Crippen LogP contribution in [0.3, 0.4) is 0 Å². The van der Waals surface area contributed by atoms with Gasteiger partial charge in [-0.1, -0.05) is 19.3 Å². The number of rotatable bonds is 6. The van der Waals surface area contributed by atoms with Crippen LogP contribution in [0.15, 0.2) is 59.3 Å². The van der Waals surface area contributed by atoms with Gasteiger partial charge in [0.05, 0.1) is 12.7 Å². The van der Waals surface area contributed by atoms with Gasteiger partial charge in [0.1, 0.15) is 23.4 Å². The third kappa shape index (κ3) is 4.40. The van der Waals surface area contributed by atoms with Gasteiger partial charge in [0.2, 0.25) is 0 Å². The minimum atomic E-state index is -0.349. The van der Waals surface area contributed by atoms with Gasteiger partial charge in [0, 0.05) is 29.4 Å². The number of pyridine rings is 1. The Balaban J connectivity index is 1.64. The van der Waals surface area contributed by atoms with Crippen molar-refractivity contribution in [3.8, 4) is 17.1 Å². The molecule has 1 aliphatic carbocycles. The van der Waals surface area contributed by atoms with E-state index >= 15 is 0 Å². The number of benzene rings is 1. The Kier molecular flexibility index (Phi) is 6.17. The Morgan fingerprint density at radius 2 is 1.77 bits per heavy atom. The van der Waals surface area contributed by atoms with E-state index in [0.29, 0.717) is 11.5 Å². The second kappa shape index (κ2) is 9.16. The number of carbonyl (C=O) groups excluding carboxylic acids is 1. The van der Waals surface area contributed by atoms with Crippen LogP contribution < -0.4 is 4.74 Å². The van der Waals surface area contributed by atoms with Crippen molar-refractivity contribution in [2.45, 2.75) is 45.1 Å². The van der Waals surface area contributed by atoms with Crippen molar-refractivity contribution in [3.05, 3.63) is 71.7 Å². The first kappa shape index (κ1) is 20.2. The minimum absolute atomic E-state index is 0.0892. The Labute approximate surface area is 177 Å². The van der Waals surface area contributed by atoms with Gasteiger partial charge < -0.3 is 13.9 Å².